The molecule has 1 heterocycles. The normalized spacial score (nSPS) is 13.3. The van der Waals surface area contributed by atoms with Crippen LogP contribution in [0.15, 0.2) is 78.8 Å². The van der Waals surface area contributed by atoms with Crippen LogP contribution in [0.5, 0.6) is 0 Å². The van der Waals surface area contributed by atoms with Gasteiger partial charge in [0.25, 0.3) is 0 Å². The molecule has 35 heavy (non-hydrogen) atoms. The Morgan fingerprint density at radius 3 is 2.69 bits per heavy atom. The maximum atomic E-state index is 11.9. The Hall–Kier alpha value is -3.78. The molecule has 1 aromatic heterocycles. The lowest BCUT2D eigenvalue weighted by Gasteiger charge is -2.22. The highest BCUT2D eigenvalue weighted by Crippen LogP contribution is 2.29. The summed E-state index contributed by atoms with van der Waals surface area (Å²) in [6.45, 7) is 11.0. The number of anilines is 2. The van der Waals surface area contributed by atoms with Crippen LogP contribution in [0.4, 0.5) is 11.4 Å². The fraction of sp³-hybridized carbons (Fsp3) is 0.333. The van der Waals surface area contributed by atoms with E-state index in [0.717, 1.165) is 53.9 Å². The summed E-state index contributed by atoms with van der Waals surface area (Å²) >= 11 is 0. The van der Waals surface area contributed by atoms with E-state index in [1.54, 1.807) is 6.20 Å². The van der Waals surface area contributed by atoms with Gasteiger partial charge in [0, 0.05) is 41.7 Å². The van der Waals surface area contributed by atoms with Crippen molar-refractivity contribution in [3.8, 4) is 23.5 Å². The Balaban J connectivity index is 0.00000100. The number of hydrogen-bond donors (Lipinski definition) is 2. The predicted octanol–water partition coefficient (Wildman–Crippen LogP) is 7.41. The molecule has 0 aliphatic heterocycles. The van der Waals surface area contributed by atoms with Crippen LogP contribution < -0.4 is 10.2 Å². The molecule has 1 aromatic carbocycles. The summed E-state index contributed by atoms with van der Waals surface area (Å²) < 4.78 is 0. The summed E-state index contributed by atoms with van der Waals surface area (Å²) in [5.41, 5.74) is 5.85. The number of carbonyl (C=O) groups excluding carboxylic acids is 1. The van der Waals surface area contributed by atoms with E-state index in [0.29, 0.717) is 6.42 Å². The highest BCUT2D eigenvalue weighted by molar-refractivity contribution is 5.92. The molecule has 0 unspecified atom stereocenters. The molecular formula is C30H38N4O. The molecule has 5 nitrogen and oxygen atoms in total. The number of amides is 1. The molecule has 0 bridgehead atoms. The maximum Gasteiger partial charge on any atom is 0.224 e. The Labute approximate surface area is 210 Å². The first-order chi connectivity index (χ1) is 17.0. The highest BCUT2D eigenvalue weighted by atomic mass is 16.1. The quantitative estimate of drug-likeness (QED) is 0.281. The van der Waals surface area contributed by atoms with Gasteiger partial charge in [-0.15, -0.1) is 6.42 Å². The fourth-order valence-electron chi connectivity index (χ4n) is 3.41. The molecule has 0 spiro atoms. The molecule has 5 heteroatoms. The predicted molar refractivity (Wildman–Crippen MR) is 149 cm³/mol. The van der Waals surface area contributed by atoms with E-state index in [1.807, 2.05) is 37.5 Å². The zero-order chi connectivity index (χ0) is 25.5. The van der Waals surface area contributed by atoms with Crippen molar-refractivity contribution < 1.29 is 4.79 Å². The summed E-state index contributed by atoms with van der Waals surface area (Å²) in [7, 11) is 0. The number of hydrogen-bond acceptors (Lipinski definition) is 3. The number of H-pyrrole nitrogens is 1. The number of terminal acetylenes is 1. The summed E-state index contributed by atoms with van der Waals surface area (Å²) in [5.74, 6) is 2.67. The smallest absolute Gasteiger partial charge is 0.224 e. The molecule has 2 aromatic rings. The molecule has 0 fully saturated rings. The molecule has 0 saturated carbocycles. The second kappa shape index (κ2) is 15.2. The van der Waals surface area contributed by atoms with Crippen molar-refractivity contribution in [2.75, 3.05) is 16.8 Å². The Morgan fingerprint density at radius 2 is 2.06 bits per heavy atom. The SMILES string of the molecule is C#CC1=C/C(=C/CCCN(C=C)c2cc(NC(=O)CC)cc(-c3cn[nH]c3)c2)CC=C1.CCCC. The van der Waals surface area contributed by atoms with Crippen LogP contribution in [0, 0.1) is 12.3 Å². The van der Waals surface area contributed by atoms with Crippen molar-refractivity contribution in [3.63, 3.8) is 0 Å². The number of rotatable bonds is 10. The summed E-state index contributed by atoms with van der Waals surface area (Å²) in [6.07, 6.45) is 25.2. The number of unbranched alkanes of at least 4 members (excludes halogenated alkanes) is 2. The van der Waals surface area contributed by atoms with Crippen LogP contribution in [0.3, 0.4) is 0 Å². The zero-order valence-corrected chi connectivity index (χ0v) is 21.3. The zero-order valence-electron chi connectivity index (χ0n) is 21.3. The van der Waals surface area contributed by atoms with Crippen molar-refractivity contribution in [3.05, 3.63) is 78.8 Å². The lowest BCUT2D eigenvalue weighted by molar-refractivity contribution is -0.115. The first kappa shape index (κ1) is 27.5. The third-order valence-electron chi connectivity index (χ3n) is 5.57. The lowest BCUT2D eigenvalue weighted by Crippen LogP contribution is -2.17. The number of aromatic amines is 1. The average Bonchev–Trinajstić information content (AvgIpc) is 3.44. The van der Waals surface area contributed by atoms with Gasteiger partial charge in [-0.1, -0.05) is 64.3 Å². The van der Waals surface area contributed by atoms with Crippen LogP contribution in [-0.4, -0.2) is 22.6 Å². The molecule has 1 aliphatic rings. The fourth-order valence-corrected chi connectivity index (χ4v) is 3.41. The molecule has 3 rings (SSSR count). The van der Waals surface area contributed by atoms with E-state index >= 15 is 0 Å². The third-order valence-corrected chi connectivity index (χ3v) is 5.57. The van der Waals surface area contributed by atoms with Crippen molar-refractivity contribution >= 4 is 17.3 Å². The van der Waals surface area contributed by atoms with E-state index in [9.17, 15) is 4.79 Å². The number of aromatic nitrogens is 2. The number of allylic oxidation sites excluding steroid dienone is 6. The molecule has 0 atom stereocenters. The molecule has 2 N–H and O–H groups in total. The van der Waals surface area contributed by atoms with Crippen molar-refractivity contribution in [2.24, 2.45) is 0 Å². The minimum absolute atomic E-state index is 0.0204. The lowest BCUT2D eigenvalue weighted by atomic mass is 10.0. The van der Waals surface area contributed by atoms with Gasteiger partial charge >= 0.3 is 0 Å². The standard InChI is InChI=1S/C26H28N4O.C4H10/c1-4-20-11-9-12-21(14-20)10-7-8-13-30(6-3)25-16-22(23-18-27-28-19-23)15-24(17-25)29-26(31)5-2;1-3-4-2/h1,6,9-11,14-19H,3,5,7-8,12-13H2,2H3,(H,27,28)(H,29,31);3-4H2,1-2H3/b21-10+;. The average molecular weight is 471 g/mol. The number of nitrogens with zero attached hydrogens (tertiary/aromatic N) is 2. The van der Waals surface area contributed by atoms with E-state index < -0.39 is 0 Å². The summed E-state index contributed by atoms with van der Waals surface area (Å²) in [5, 5.41) is 9.85. The molecule has 1 amide bonds. The van der Waals surface area contributed by atoms with Crippen LogP contribution in [0.25, 0.3) is 11.1 Å². The van der Waals surface area contributed by atoms with Gasteiger partial charge in [-0.3, -0.25) is 9.89 Å². The molecule has 184 valence electrons. The van der Waals surface area contributed by atoms with E-state index in [-0.39, 0.29) is 5.91 Å². The van der Waals surface area contributed by atoms with Crippen molar-refractivity contribution in [1.82, 2.24) is 10.2 Å². The molecule has 0 radical (unpaired) electrons. The summed E-state index contributed by atoms with van der Waals surface area (Å²) in [6, 6.07) is 6.02. The molecule has 0 saturated heterocycles. The van der Waals surface area contributed by atoms with E-state index in [2.05, 4.69) is 71.1 Å². The van der Waals surface area contributed by atoms with E-state index in [1.165, 1.54) is 18.4 Å². The van der Waals surface area contributed by atoms with Gasteiger partial charge in [-0.05, 0) is 60.9 Å². The summed E-state index contributed by atoms with van der Waals surface area (Å²) in [4.78, 5) is 14.0. The number of benzene rings is 1. The van der Waals surface area contributed by atoms with Crippen molar-refractivity contribution in [2.45, 2.75) is 59.3 Å². The van der Waals surface area contributed by atoms with Crippen molar-refractivity contribution in [1.29, 1.82) is 0 Å². The minimum atomic E-state index is -0.0204. The Morgan fingerprint density at radius 1 is 1.26 bits per heavy atom. The molecule has 1 aliphatic carbocycles. The Bertz CT molecular complexity index is 1080. The maximum absolute atomic E-state index is 11.9. The second-order valence-electron chi connectivity index (χ2n) is 8.31. The largest absolute Gasteiger partial charge is 0.348 e. The van der Waals surface area contributed by atoms with Gasteiger partial charge < -0.3 is 10.2 Å². The van der Waals surface area contributed by atoms with Gasteiger partial charge in [0.1, 0.15) is 0 Å². The van der Waals surface area contributed by atoms with Gasteiger partial charge in [0.2, 0.25) is 5.91 Å². The van der Waals surface area contributed by atoms with Gasteiger partial charge in [-0.25, -0.2) is 0 Å². The van der Waals surface area contributed by atoms with Crippen LogP contribution in [-0.2, 0) is 4.79 Å². The van der Waals surface area contributed by atoms with Gasteiger partial charge in [-0.2, -0.15) is 5.10 Å². The number of nitrogens with one attached hydrogen (secondary N) is 2. The first-order valence-electron chi connectivity index (χ1n) is 12.4. The van der Waals surface area contributed by atoms with Crippen LogP contribution in [0.1, 0.15) is 59.3 Å². The van der Waals surface area contributed by atoms with Crippen LogP contribution >= 0.6 is 0 Å². The first-order valence-corrected chi connectivity index (χ1v) is 12.4. The molecular weight excluding hydrogens is 432 g/mol. The number of carbonyl (C=O) groups is 1. The van der Waals surface area contributed by atoms with Crippen LogP contribution in [0.2, 0.25) is 0 Å². The Kier molecular flexibility index (Phi) is 11.9. The van der Waals surface area contributed by atoms with E-state index in [4.69, 9.17) is 6.42 Å². The third kappa shape index (κ3) is 9.17. The minimum Gasteiger partial charge on any atom is -0.348 e. The topological polar surface area (TPSA) is 61.0 Å². The monoisotopic (exact) mass is 470 g/mol. The highest BCUT2D eigenvalue weighted by Gasteiger charge is 2.10. The van der Waals surface area contributed by atoms with Gasteiger partial charge in [0.05, 0.1) is 6.20 Å². The second-order valence-corrected chi connectivity index (χ2v) is 8.31. The van der Waals surface area contributed by atoms with Gasteiger partial charge in [0.15, 0.2) is 0 Å².